The van der Waals surface area contributed by atoms with E-state index in [9.17, 15) is 25.2 Å². The third-order valence-electron chi connectivity index (χ3n) is 5.77. The van der Waals surface area contributed by atoms with E-state index in [4.69, 9.17) is 28.1 Å². The van der Waals surface area contributed by atoms with Gasteiger partial charge >= 0.3 is 0 Å². The number of methoxy groups -OCH3 is 3. The van der Waals surface area contributed by atoms with Crippen LogP contribution in [0.25, 0.3) is 22.3 Å². The second-order valence-electron chi connectivity index (χ2n) is 7.83. The highest BCUT2D eigenvalue weighted by Crippen LogP contribution is 2.44. The van der Waals surface area contributed by atoms with E-state index in [2.05, 4.69) is 0 Å². The lowest BCUT2D eigenvalue weighted by Gasteiger charge is -2.39. The zero-order chi connectivity index (χ0) is 25.3. The van der Waals surface area contributed by atoms with Crippen LogP contribution in [-0.4, -0.2) is 79.1 Å². The summed E-state index contributed by atoms with van der Waals surface area (Å²) in [4.78, 5) is 13.0. The average Bonchev–Trinajstić information content (AvgIpc) is 2.87. The maximum atomic E-state index is 13.0. The summed E-state index contributed by atoms with van der Waals surface area (Å²) < 4.78 is 33.2. The zero-order valence-electron chi connectivity index (χ0n) is 19.2. The molecule has 0 aliphatic carbocycles. The molecule has 5 atom stereocenters. The minimum Gasteiger partial charge on any atom is -0.497 e. The maximum Gasteiger partial charge on any atom is 0.229 e. The van der Waals surface area contributed by atoms with Crippen LogP contribution in [0.3, 0.4) is 0 Å². The molecule has 1 aliphatic heterocycles. The van der Waals surface area contributed by atoms with Gasteiger partial charge in [0.1, 0.15) is 46.9 Å². The van der Waals surface area contributed by atoms with E-state index in [-0.39, 0.29) is 34.0 Å². The molecule has 1 aromatic heterocycles. The molecular weight excluding hydrogens is 464 g/mol. The Labute approximate surface area is 199 Å². The molecular formula is C24H26O11. The van der Waals surface area contributed by atoms with Crippen molar-refractivity contribution in [1.82, 2.24) is 0 Å². The number of ether oxygens (including phenoxy) is 5. The number of aliphatic hydroxyl groups excluding tert-OH is 4. The molecule has 4 N–H and O–H groups in total. The second-order valence-corrected chi connectivity index (χ2v) is 7.83. The molecule has 1 aliphatic rings. The highest BCUT2D eigenvalue weighted by atomic mass is 16.7. The molecule has 1 saturated heterocycles. The van der Waals surface area contributed by atoms with Gasteiger partial charge in [0.05, 0.1) is 27.9 Å². The number of rotatable bonds is 7. The van der Waals surface area contributed by atoms with Crippen molar-refractivity contribution in [2.75, 3.05) is 27.9 Å². The quantitative estimate of drug-likeness (QED) is 0.369. The van der Waals surface area contributed by atoms with Crippen LogP contribution in [0.2, 0.25) is 0 Å². The van der Waals surface area contributed by atoms with Crippen LogP contribution < -0.4 is 24.4 Å². The number of aliphatic hydroxyl groups is 4. The first-order chi connectivity index (χ1) is 16.8. The molecule has 0 amide bonds. The molecule has 2 heterocycles. The van der Waals surface area contributed by atoms with Crippen molar-refractivity contribution in [3.05, 3.63) is 46.6 Å². The van der Waals surface area contributed by atoms with Gasteiger partial charge in [0.25, 0.3) is 0 Å². The molecule has 0 spiro atoms. The minimum absolute atomic E-state index is 0.0152. The van der Waals surface area contributed by atoms with Crippen molar-refractivity contribution in [1.29, 1.82) is 0 Å². The topological polar surface area (TPSA) is 157 Å². The number of hydrogen-bond acceptors (Lipinski definition) is 11. The Morgan fingerprint density at radius 2 is 1.57 bits per heavy atom. The average molecular weight is 490 g/mol. The third kappa shape index (κ3) is 4.51. The van der Waals surface area contributed by atoms with E-state index in [1.165, 1.54) is 26.4 Å². The maximum absolute atomic E-state index is 13.0. The Kier molecular flexibility index (Phi) is 7.15. The molecule has 1 fully saturated rings. The van der Waals surface area contributed by atoms with Crippen molar-refractivity contribution in [2.45, 2.75) is 30.7 Å². The van der Waals surface area contributed by atoms with Crippen molar-refractivity contribution >= 4 is 11.0 Å². The monoisotopic (exact) mass is 490 g/mol. The lowest BCUT2D eigenvalue weighted by molar-refractivity contribution is -0.277. The molecule has 3 aromatic rings. The summed E-state index contributed by atoms with van der Waals surface area (Å²) in [5, 5.41) is 40.0. The van der Waals surface area contributed by atoms with Gasteiger partial charge < -0.3 is 48.5 Å². The van der Waals surface area contributed by atoms with Gasteiger partial charge in [-0.2, -0.15) is 0 Å². The van der Waals surface area contributed by atoms with Crippen LogP contribution in [0.15, 0.2) is 45.6 Å². The third-order valence-corrected chi connectivity index (χ3v) is 5.77. The summed E-state index contributed by atoms with van der Waals surface area (Å²) in [7, 11) is 4.21. The summed E-state index contributed by atoms with van der Waals surface area (Å²) in [5.41, 5.74) is 0.322. The summed E-state index contributed by atoms with van der Waals surface area (Å²) in [6.07, 6.45) is -7.51. The van der Waals surface area contributed by atoms with Gasteiger partial charge in [0.15, 0.2) is 16.9 Å². The van der Waals surface area contributed by atoms with Gasteiger partial charge in [0.2, 0.25) is 12.0 Å². The normalized spacial score (nSPS) is 24.3. The smallest absolute Gasteiger partial charge is 0.229 e. The number of hydrogen-bond donors (Lipinski definition) is 4. The molecule has 0 radical (unpaired) electrons. The van der Waals surface area contributed by atoms with E-state index in [0.717, 1.165) is 0 Å². The molecule has 5 unspecified atom stereocenters. The zero-order valence-corrected chi connectivity index (χ0v) is 19.2. The Bertz CT molecular complexity index is 1230. The van der Waals surface area contributed by atoms with Gasteiger partial charge in [-0.3, -0.25) is 4.79 Å². The number of benzene rings is 2. The lowest BCUT2D eigenvalue weighted by Crippen LogP contribution is -2.60. The molecule has 0 saturated carbocycles. The Morgan fingerprint density at radius 1 is 0.886 bits per heavy atom. The fourth-order valence-corrected chi connectivity index (χ4v) is 3.91. The van der Waals surface area contributed by atoms with Crippen molar-refractivity contribution < 1.29 is 48.5 Å². The van der Waals surface area contributed by atoms with Crippen LogP contribution in [0, 0.1) is 0 Å². The Morgan fingerprint density at radius 3 is 2.17 bits per heavy atom. The van der Waals surface area contributed by atoms with Gasteiger partial charge in [-0.05, 0) is 24.3 Å². The second kappa shape index (κ2) is 10.1. The first-order valence-electron chi connectivity index (χ1n) is 10.7. The molecule has 4 rings (SSSR count). The van der Waals surface area contributed by atoms with Gasteiger partial charge in [-0.1, -0.05) is 0 Å². The molecule has 2 aromatic carbocycles. The minimum atomic E-state index is -1.66. The molecule has 0 bridgehead atoms. The van der Waals surface area contributed by atoms with Gasteiger partial charge in [-0.25, -0.2) is 0 Å². The van der Waals surface area contributed by atoms with E-state index >= 15 is 0 Å². The van der Waals surface area contributed by atoms with Crippen molar-refractivity contribution in [3.63, 3.8) is 0 Å². The Balaban J connectivity index is 1.81. The standard InChI is InChI=1S/C24H26O11/c1-30-12-6-4-11(5-7-12)14-8-13(26)18-15(33-14)9-16(22(31-2)23(18)32-3)34-24-21(29)20(28)19(27)17(10-25)35-24/h4-9,17,19-21,24-25,27-29H,10H2,1-3H3. The van der Waals surface area contributed by atoms with Gasteiger partial charge in [0, 0.05) is 17.7 Å². The van der Waals surface area contributed by atoms with Crippen LogP contribution in [-0.2, 0) is 4.74 Å². The molecule has 188 valence electrons. The summed E-state index contributed by atoms with van der Waals surface area (Å²) >= 11 is 0. The van der Waals surface area contributed by atoms with Crippen molar-refractivity contribution in [2.24, 2.45) is 0 Å². The summed E-state index contributed by atoms with van der Waals surface area (Å²) in [6, 6.07) is 9.60. The highest BCUT2D eigenvalue weighted by molar-refractivity contribution is 5.90. The predicted molar refractivity (Wildman–Crippen MR) is 122 cm³/mol. The highest BCUT2D eigenvalue weighted by Gasteiger charge is 2.45. The molecule has 11 heteroatoms. The number of fused-ring (bicyclic) bond motifs is 1. The van der Waals surface area contributed by atoms with Crippen LogP contribution in [0.4, 0.5) is 0 Å². The Hall–Kier alpha value is -3.35. The summed E-state index contributed by atoms with van der Waals surface area (Å²) in [6.45, 7) is -0.622. The largest absolute Gasteiger partial charge is 0.497 e. The fourth-order valence-electron chi connectivity index (χ4n) is 3.91. The lowest BCUT2D eigenvalue weighted by atomic mass is 9.99. The molecule has 35 heavy (non-hydrogen) atoms. The van der Waals surface area contributed by atoms with Crippen LogP contribution in [0.5, 0.6) is 23.0 Å². The first kappa shape index (κ1) is 24.8. The van der Waals surface area contributed by atoms with E-state index in [1.807, 2.05) is 0 Å². The van der Waals surface area contributed by atoms with E-state index < -0.39 is 42.7 Å². The van der Waals surface area contributed by atoms with Gasteiger partial charge in [-0.15, -0.1) is 0 Å². The summed E-state index contributed by atoms with van der Waals surface area (Å²) in [5.74, 6) is 0.923. The van der Waals surface area contributed by atoms with Crippen molar-refractivity contribution in [3.8, 4) is 34.3 Å². The van der Waals surface area contributed by atoms with E-state index in [0.29, 0.717) is 11.3 Å². The van der Waals surface area contributed by atoms with E-state index in [1.54, 1.807) is 31.4 Å². The first-order valence-corrected chi connectivity index (χ1v) is 10.7. The van der Waals surface area contributed by atoms with Crippen LogP contribution >= 0.6 is 0 Å². The fraction of sp³-hybridized carbons (Fsp3) is 0.375. The van der Waals surface area contributed by atoms with Crippen LogP contribution in [0.1, 0.15) is 0 Å². The predicted octanol–water partition coefficient (Wildman–Crippen LogP) is 0.664. The molecule has 11 nitrogen and oxygen atoms in total. The SMILES string of the molecule is COc1ccc(-c2cc(=O)c3c(OC)c(OC)c(OC4OC(CO)C(O)C(O)C4O)cc3o2)cc1.